The highest BCUT2D eigenvalue weighted by Gasteiger charge is 2.31. The number of ether oxygens (including phenoxy) is 2. The number of hydrogen-bond donors (Lipinski definition) is 0. The van der Waals surface area contributed by atoms with Crippen LogP contribution in [0.1, 0.15) is 12.0 Å². The summed E-state index contributed by atoms with van der Waals surface area (Å²) in [6.07, 6.45) is -4.67. The number of alkyl halides is 3. The number of rotatable bonds is 2. The normalized spacial score (nSPS) is 20.2. The summed E-state index contributed by atoms with van der Waals surface area (Å²) in [5.74, 6) is -0.258. The Labute approximate surface area is 95.1 Å². The fraction of sp³-hybridized carbons (Fsp3) is 0.364. The third-order valence-electron chi connectivity index (χ3n) is 2.35. The number of esters is 1. The van der Waals surface area contributed by atoms with Crippen LogP contribution in [0.25, 0.3) is 0 Å². The molecule has 1 fully saturated rings. The molecule has 0 unspecified atom stereocenters. The summed E-state index contributed by atoms with van der Waals surface area (Å²) in [4.78, 5) is 11.1. The summed E-state index contributed by atoms with van der Waals surface area (Å²) >= 11 is 0. The third kappa shape index (κ3) is 2.69. The first-order chi connectivity index (χ1) is 7.97. The first-order valence-electron chi connectivity index (χ1n) is 4.97. The topological polar surface area (TPSA) is 35.5 Å². The maximum absolute atomic E-state index is 12.3. The van der Waals surface area contributed by atoms with Crippen LogP contribution in [-0.4, -0.2) is 18.7 Å². The first kappa shape index (κ1) is 11.8. The lowest BCUT2D eigenvalue weighted by Crippen LogP contribution is -2.21. The van der Waals surface area contributed by atoms with Crippen LogP contribution in [0.5, 0.6) is 5.75 Å². The van der Waals surface area contributed by atoms with E-state index >= 15 is 0 Å². The van der Waals surface area contributed by atoms with Crippen molar-refractivity contribution in [3.63, 3.8) is 0 Å². The van der Waals surface area contributed by atoms with Gasteiger partial charge in [0.1, 0.15) is 5.75 Å². The van der Waals surface area contributed by atoms with Gasteiger partial charge in [0, 0.05) is 6.42 Å². The zero-order valence-electron chi connectivity index (χ0n) is 8.66. The molecule has 1 aliphatic rings. The lowest BCUT2D eigenvalue weighted by Gasteiger charge is -2.11. The molecule has 3 nitrogen and oxygen atoms in total. The van der Waals surface area contributed by atoms with Crippen molar-refractivity contribution in [3.8, 4) is 5.75 Å². The smallest absolute Gasteiger partial charge is 0.416 e. The minimum absolute atomic E-state index is 0.224. The van der Waals surface area contributed by atoms with Crippen molar-refractivity contribution in [2.45, 2.75) is 18.7 Å². The molecule has 1 aromatic rings. The molecular weight excluding hydrogens is 237 g/mol. The second-order valence-corrected chi connectivity index (χ2v) is 3.58. The Morgan fingerprint density at radius 3 is 2.35 bits per heavy atom. The fourth-order valence-electron chi connectivity index (χ4n) is 1.47. The quantitative estimate of drug-likeness (QED) is 0.751. The second-order valence-electron chi connectivity index (χ2n) is 3.58. The van der Waals surface area contributed by atoms with Crippen molar-refractivity contribution in [3.05, 3.63) is 29.8 Å². The van der Waals surface area contributed by atoms with Gasteiger partial charge in [-0.1, -0.05) is 0 Å². The highest BCUT2D eigenvalue weighted by molar-refractivity contribution is 5.76. The minimum Gasteiger partial charge on any atom is -0.479 e. The average Bonchev–Trinajstić information content (AvgIpc) is 2.64. The highest BCUT2D eigenvalue weighted by Crippen LogP contribution is 2.30. The van der Waals surface area contributed by atoms with Crippen LogP contribution in [0.2, 0.25) is 0 Å². The lowest BCUT2D eigenvalue weighted by atomic mass is 10.2. The van der Waals surface area contributed by atoms with Crippen molar-refractivity contribution in [2.24, 2.45) is 0 Å². The predicted molar refractivity (Wildman–Crippen MR) is 51.4 cm³/mol. The van der Waals surface area contributed by atoms with Gasteiger partial charge in [-0.2, -0.15) is 13.2 Å². The maximum atomic E-state index is 12.3. The molecule has 0 aromatic heterocycles. The molecule has 1 atom stereocenters. The largest absolute Gasteiger partial charge is 0.479 e. The minimum atomic E-state index is -4.37. The van der Waals surface area contributed by atoms with E-state index in [9.17, 15) is 18.0 Å². The van der Waals surface area contributed by atoms with Gasteiger partial charge in [0.25, 0.3) is 0 Å². The van der Waals surface area contributed by atoms with Crippen LogP contribution in [0.15, 0.2) is 24.3 Å². The van der Waals surface area contributed by atoms with Gasteiger partial charge in [-0.25, -0.2) is 4.79 Å². The molecule has 1 aromatic carbocycles. The van der Waals surface area contributed by atoms with Crippen LogP contribution in [0.3, 0.4) is 0 Å². The van der Waals surface area contributed by atoms with Gasteiger partial charge in [-0.3, -0.25) is 0 Å². The van der Waals surface area contributed by atoms with E-state index in [1.807, 2.05) is 0 Å². The van der Waals surface area contributed by atoms with Gasteiger partial charge in [-0.15, -0.1) is 0 Å². The van der Waals surface area contributed by atoms with E-state index in [-0.39, 0.29) is 12.4 Å². The molecule has 0 radical (unpaired) electrons. The van der Waals surface area contributed by atoms with Gasteiger partial charge < -0.3 is 9.47 Å². The van der Waals surface area contributed by atoms with Crippen molar-refractivity contribution in [1.82, 2.24) is 0 Å². The van der Waals surface area contributed by atoms with Crippen molar-refractivity contribution in [2.75, 3.05) is 6.61 Å². The number of cyclic esters (lactones) is 1. The Hall–Kier alpha value is -1.72. The summed E-state index contributed by atoms with van der Waals surface area (Å²) in [6.45, 7) is 0.282. The lowest BCUT2D eigenvalue weighted by molar-refractivity contribution is -0.143. The summed E-state index contributed by atoms with van der Waals surface area (Å²) in [6, 6.07) is 4.20. The van der Waals surface area contributed by atoms with E-state index in [1.54, 1.807) is 0 Å². The molecule has 92 valence electrons. The fourth-order valence-corrected chi connectivity index (χ4v) is 1.47. The SMILES string of the molecule is O=C1OCC[C@@H]1Oc1ccc(C(F)(F)F)cc1. The van der Waals surface area contributed by atoms with Crippen LogP contribution in [-0.2, 0) is 15.7 Å². The molecule has 17 heavy (non-hydrogen) atoms. The molecule has 0 saturated carbocycles. The molecule has 2 rings (SSSR count). The Kier molecular flexibility index (Phi) is 2.95. The molecule has 0 bridgehead atoms. The molecule has 6 heteroatoms. The van der Waals surface area contributed by atoms with Gasteiger partial charge in [0.2, 0.25) is 0 Å². The van der Waals surface area contributed by atoms with Crippen LogP contribution < -0.4 is 4.74 Å². The molecular formula is C11H9F3O3. The molecule has 0 aliphatic carbocycles. The van der Waals surface area contributed by atoms with Gasteiger partial charge in [0.05, 0.1) is 12.2 Å². The second kappa shape index (κ2) is 4.27. The first-order valence-corrected chi connectivity index (χ1v) is 4.97. The molecule has 0 spiro atoms. The van der Waals surface area contributed by atoms with E-state index in [0.29, 0.717) is 6.42 Å². The van der Waals surface area contributed by atoms with Crippen molar-refractivity contribution in [1.29, 1.82) is 0 Å². The monoisotopic (exact) mass is 246 g/mol. The third-order valence-corrected chi connectivity index (χ3v) is 2.35. The van der Waals surface area contributed by atoms with Gasteiger partial charge in [0.15, 0.2) is 6.10 Å². The molecule has 1 saturated heterocycles. The van der Waals surface area contributed by atoms with E-state index in [2.05, 4.69) is 4.74 Å². The van der Waals surface area contributed by atoms with E-state index in [1.165, 1.54) is 12.1 Å². The van der Waals surface area contributed by atoms with E-state index in [0.717, 1.165) is 12.1 Å². The number of carbonyl (C=O) groups is 1. The van der Waals surface area contributed by atoms with Crippen LogP contribution >= 0.6 is 0 Å². The van der Waals surface area contributed by atoms with Gasteiger partial charge >= 0.3 is 12.1 Å². The maximum Gasteiger partial charge on any atom is 0.416 e. The average molecular weight is 246 g/mol. The molecule has 0 amide bonds. The van der Waals surface area contributed by atoms with Crippen molar-refractivity contribution >= 4 is 5.97 Å². The Morgan fingerprint density at radius 1 is 1.24 bits per heavy atom. The van der Waals surface area contributed by atoms with Crippen LogP contribution in [0, 0.1) is 0 Å². The Bertz CT molecular complexity index is 411. The summed E-state index contributed by atoms with van der Waals surface area (Å²) < 4.78 is 46.7. The summed E-state index contributed by atoms with van der Waals surface area (Å²) in [5.41, 5.74) is -0.751. The zero-order valence-corrected chi connectivity index (χ0v) is 8.66. The predicted octanol–water partition coefficient (Wildman–Crippen LogP) is 2.40. The number of carbonyl (C=O) groups excluding carboxylic acids is 1. The zero-order chi connectivity index (χ0) is 12.5. The number of benzene rings is 1. The Morgan fingerprint density at radius 2 is 1.88 bits per heavy atom. The molecule has 0 N–H and O–H groups in total. The molecule has 1 heterocycles. The summed E-state index contributed by atoms with van der Waals surface area (Å²) in [5, 5.41) is 0. The van der Waals surface area contributed by atoms with Crippen molar-refractivity contribution < 1.29 is 27.4 Å². The Balaban J connectivity index is 2.06. The highest BCUT2D eigenvalue weighted by atomic mass is 19.4. The number of halogens is 3. The number of hydrogen-bond acceptors (Lipinski definition) is 3. The van der Waals surface area contributed by atoms with E-state index < -0.39 is 23.8 Å². The van der Waals surface area contributed by atoms with E-state index in [4.69, 9.17) is 4.74 Å². The molecule has 1 aliphatic heterocycles. The van der Waals surface area contributed by atoms with Gasteiger partial charge in [-0.05, 0) is 24.3 Å². The standard InChI is InChI=1S/C11H9F3O3/c12-11(13,14)7-1-3-8(4-2-7)17-9-5-6-16-10(9)15/h1-4,9H,5-6H2/t9-/m0/s1. The van der Waals surface area contributed by atoms with Crippen LogP contribution in [0.4, 0.5) is 13.2 Å². The summed E-state index contributed by atoms with van der Waals surface area (Å²) in [7, 11) is 0.